The number of carbonyl (C=O) groups is 2. The summed E-state index contributed by atoms with van der Waals surface area (Å²) in [4.78, 5) is 30.5. The number of carbonyl (C=O) groups excluding carboxylic acids is 2. The number of hydrogen-bond donors (Lipinski definition) is 1. The summed E-state index contributed by atoms with van der Waals surface area (Å²) in [5, 5.41) is 2.52. The van der Waals surface area contributed by atoms with Gasteiger partial charge in [0.15, 0.2) is 0 Å². The highest BCUT2D eigenvalue weighted by atomic mass is 19.3. The first-order valence-corrected chi connectivity index (χ1v) is 7.90. The maximum atomic E-state index is 13.4. The highest BCUT2D eigenvalue weighted by Gasteiger charge is 2.62. The molecule has 0 aliphatic heterocycles. The molecular formula is C17H20F2N4O2. The standard InChI is InChI=1S/C17H20F2N4O2/c1-10-20-12-7-11(5-6-13(12)23(10)4)14(24)21-16(15(25)22(2)3)8-17(18,19)9-16/h5-7H,8-9H2,1-4H3,(H,21,24). The fourth-order valence-corrected chi connectivity index (χ4v) is 3.30. The van der Waals surface area contributed by atoms with Crippen LogP contribution in [0.3, 0.4) is 0 Å². The van der Waals surface area contributed by atoms with Gasteiger partial charge in [0.05, 0.1) is 11.0 Å². The molecule has 1 aliphatic carbocycles. The summed E-state index contributed by atoms with van der Waals surface area (Å²) in [6, 6.07) is 4.95. The molecule has 3 rings (SSSR count). The van der Waals surface area contributed by atoms with Gasteiger partial charge in [0, 0.05) is 39.5 Å². The Kier molecular flexibility index (Phi) is 3.81. The van der Waals surface area contributed by atoms with Crippen molar-refractivity contribution in [2.45, 2.75) is 31.2 Å². The van der Waals surface area contributed by atoms with E-state index >= 15 is 0 Å². The Morgan fingerprint density at radius 3 is 2.48 bits per heavy atom. The van der Waals surface area contributed by atoms with Crippen molar-refractivity contribution in [3.05, 3.63) is 29.6 Å². The van der Waals surface area contributed by atoms with Gasteiger partial charge in [-0.1, -0.05) is 0 Å². The van der Waals surface area contributed by atoms with E-state index < -0.39 is 36.1 Å². The third-order valence-electron chi connectivity index (χ3n) is 4.66. The highest BCUT2D eigenvalue weighted by molar-refractivity contribution is 6.01. The van der Waals surface area contributed by atoms with Crippen molar-refractivity contribution in [2.24, 2.45) is 7.05 Å². The van der Waals surface area contributed by atoms with Gasteiger partial charge in [-0.05, 0) is 25.1 Å². The van der Waals surface area contributed by atoms with Gasteiger partial charge in [-0.25, -0.2) is 13.8 Å². The Bertz CT molecular complexity index is 865. The first-order valence-electron chi connectivity index (χ1n) is 7.90. The van der Waals surface area contributed by atoms with Crippen LogP contribution in [0.2, 0.25) is 0 Å². The van der Waals surface area contributed by atoms with E-state index in [0.717, 1.165) is 11.3 Å². The van der Waals surface area contributed by atoms with Crippen LogP contribution in [-0.2, 0) is 11.8 Å². The molecule has 1 saturated carbocycles. The van der Waals surface area contributed by atoms with E-state index in [1.807, 2.05) is 18.5 Å². The fourth-order valence-electron chi connectivity index (χ4n) is 3.30. The maximum Gasteiger partial charge on any atom is 0.253 e. The summed E-state index contributed by atoms with van der Waals surface area (Å²) in [6.07, 6.45) is -1.37. The normalized spacial score (nSPS) is 17.8. The van der Waals surface area contributed by atoms with Gasteiger partial charge in [-0.2, -0.15) is 0 Å². The number of fused-ring (bicyclic) bond motifs is 1. The molecule has 0 bridgehead atoms. The number of benzene rings is 1. The molecule has 8 heteroatoms. The summed E-state index contributed by atoms with van der Waals surface area (Å²) in [5.74, 6) is -3.23. The summed E-state index contributed by atoms with van der Waals surface area (Å²) in [6.45, 7) is 1.85. The molecule has 2 aromatic rings. The molecule has 2 amide bonds. The van der Waals surface area contributed by atoms with E-state index in [0.29, 0.717) is 5.52 Å². The predicted molar refractivity (Wildman–Crippen MR) is 88.5 cm³/mol. The molecule has 0 radical (unpaired) electrons. The molecule has 134 valence electrons. The monoisotopic (exact) mass is 350 g/mol. The first-order chi connectivity index (χ1) is 11.5. The molecule has 1 aromatic carbocycles. The molecule has 1 N–H and O–H groups in total. The lowest BCUT2D eigenvalue weighted by Crippen LogP contribution is -2.69. The van der Waals surface area contributed by atoms with E-state index in [9.17, 15) is 18.4 Å². The number of nitrogens with zero attached hydrogens (tertiary/aromatic N) is 3. The van der Waals surface area contributed by atoms with Gasteiger partial charge in [0.25, 0.3) is 11.8 Å². The number of halogens is 2. The van der Waals surface area contributed by atoms with E-state index in [2.05, 4.69) is 10.3 Å². The molecule has 0 saturated heterocycles. The zero-order valence-corrected chi connectivity index (χ0v) is 14.6. The summed E-state index contributed by atoms with van der Waals surface area (Å²) in [7, 11) is 4.83. The first kappa shape index (κ1) is 17.3. The number of alkyl halides is 2. The number of nitrogens with one attached hydrogen (secondary N) is 1. The van der Waals surface area contributed by atoms with E-state index in [4.69, 9.17) is 0 Å². The molecule has 1 heterocycles. The lowest BCUT2D eigenvalue weighted by molar-refractivity contribution is -0.167. The molecule has 1 aliphatic rings. The van der Waals surface area contributed by atoms with E-state index in [1.54, 1.807) is 18.2 Å². The van der Waals surface area contributed by atoms with Gasteiger partial charge < -0.3 is 14.8 Å². The minimum Gasteiger partial charge on any atom is -0.347 e. The number of aromatic nitrogens is 2. The van der Waals surface area contributed by atoms with Crippen LogP contribution in [0.5, 0.6) is 0 Å². The molecule has 1 fully saturated rings. The highest BCUT2D eigenvalue weighted by Crippen LogP contribution is 2.46. The lowest BCUT2D eigenvalue weighted by atomic mass is 9.72. The molecule has 0 unspecified atom stereocenters. The summed E-state index contributed by atoms with van der Waals surface area (Å²) >= 11 is 0. The summed E-state index contributed by atoms with van der Waals surface area (Å²) in [5.41, 5.74) is 0.230. The molecule has 0 spiro atoms. The second-order valence-corrected chi connectivity index (χ2v) is 6.87. The number of hydrogen-bond acceptors (Lipinski definition) is 3. The molecule has 25 heavy (non-hydrogen) atoms. The minimum atomic E-state index is -2.94. The van der Waals surface area contributed by atoms with Gasteiger partial charge in [-0.3, -0.25) is 9.59 Å². The van der Waals surface area contributed by atoms with Crippen LogP contribution >= 0.6 is 0 Å². The number of imidazole rings is 1. The Morgan fingerprint density at radius 1 is 1.28 bits per heavy atom. The van der Waals surface area contributed by atoms with Crippen LogP contribution in [0.25, 0.3) is 11.0 Å². The Balaban J connectivity index is 1.88. The third-order valence-corrected chi connectivity index (χ3v) is 4.66. The van der Waals surface area contributed by atoms with E-state index in [1.165, 1.54) is 19.0 Å². The van der Waals surface area contributed by atoms with Crippen molar-refractivity contribution in [1.29, 1.82) is 0 Å². The van der Waals surface area contributed by atoms with Crippen molar-refractivity contribution in [3.63, 3.8) is 0 Å². The van der Waals surface area contributed by atoms with Crippen LogP contribution in [-0.4, -0.2) is 51.8 Å². The van der Waals surface area contributed by atoms with Crippen LogP contribution in [0.4, 0.5) is 8.78 Å². The lowest BCUT2D eigenvalue weighted by Gasteiger charge is -2.47. The van der Waals surface area contributed by atoms with Crippen molar-refractivity contribution in [3.8, 4) is 0 Å². The number of aryl methyl sites for hydroxylation is 2. The topological polar surface area (TPSA) is 67.2 Å². The van der Waals surface area contributed by atoms with Crippen molar-refractivity contribution >= 4 is 22.8 Å². The number of likely N-dealkylation sites (N-methyl/N-ethyl adjacent to an activating group) is 1. The van der Waals surface area contributed by atoms with Crippen molar-refractivity contribution < 1.29 is 18.4 Å². The SMILES string of the molecule is Cc1nc2cc(C(=O)NC3(C(=O)N(C)C)CC(F)(F)C3)ccc2n1C. The van der Waals surface area contributed by atoms with Gasteiger partial charge in [0.1, 0.15) is 11.4 Å². The molecule has 1 aromatic heterocycles. The van der Waals surface area contributed by atoms with Crippen LogP contribution in [0.15, 0.2) is 18.2 Å². The zero-order chi connectivity index (χ0) is 18.6. The smallest absolute Gasteiger partial charge is 0.253 e. The minimum absolute atomic E-state index is 0.284. The van der Waals surface area contributed by atoms with Crippen LogP contribution in [0.1, 0.15) is 29.0 Å². The molecule has 6 nitrogen and oxygen atoms in total. The molecule has 0 atom stereocenters. The average molecular weight is 350 g/mol. The summed E-state index contributed by atoms with van der Waals surface area (Å²) < 4.78 is 28.8. The van der Waals surface area contributed by atoms with Crippen molar-refractivity contribution in [1.82, 2.24) is 19.8 Å². The van der Waals surface area contributed by atoms with Gasteiger partial charge in [-0.15, -0.1) is 0 Å². The van der Waals surface area contributed by atoms with Gasteiger partial charge in [0.2, 0.25) is 5.91 Å². The second kappa shape index (κ2) is 5.50. The van der Waals surface area contributed by atoms with Gasteiger partial charge >= 0.3 is 0 Å². The zero-order valence-electron chi connectivity index (χ0n) is 14.6. The second-order valence-electron chi connectivity index (χ2n) is 6.87. The largest absolute Gasteiger partial charge is 0.347 e. The third kappa shape index (κ3) is 2.85. The van der Waals surface area contributed by atoms with Crippen LogP contribution in [0, 0.1) is 6.92 Å². The quantitative estimate of drug-likeness (QED) is 0.919. The number of amides is 2. The maximum absolute atomic E-state index is 13.4. The average Bonchev–Trinajstić information content (AvgIpc) is 2.78. The van der Waals surface area contributed by atoms with Crippen LogP contribution < -0.4 is 5.32 Å². The van der Waals surface area contributed by atoms with E-state index in [-0.39, 0.29) is 5.56 Å². The Morgan fingerprint density at radius 2 is 1.92 bits per heavy atom. The predicted octanol–water partition coefficient (Wildman–Crippen LogP) is 1.87. The number of rotatable bonds is 3. The van der Waals surface area contributed by atoms with Crippen molar-refractivity contribution in [2.75, 3.05) is 14.1 Å². The fraction of sp³-hybridized carbons (Fsp3) is 0.471. The Labute approximate surface area is 143 Å². The Hall–Kier alpha value is -2.51. The molecular weight excluding hydrogens is 330 g/mol.